The first-order chi connectivity index (χ1) is 8.65. The van der Waals surface area contributed by atoms with Crippen molar-refractivity contribution in [2.45, 2.75) is 13.3 Å². The Morgan fingerprint density at radius 3 is 3.00 bits per heavy atom. The highest BCUT2D eigenvalue weighted by Gasteiger charge is 2.27. The number of carbonyl (C=O) groups excluding carboxylic acids is 1. The molecule has 98 valence electrons. The largest absolute Gasteiger partial charge is 0.482 e. The van der Waals surface area contributed by atoms with E-state index in [0.29, 0.717) is 12.5 Å². The second-order valence-electron chi connectivity index (χ2n) is 4.36. The summed E-state index contributed by atoms with van der Waals surface area (Å²) in [5.74, 6) is 1.97. The van der Waals surface area contributed by atoms with Crippen molar-refractivity contribution in [2.75, 3.05) is 23.8 Å². The molecule has 0 saturated carbocycles. The molecule has 0 aromatic heterocycles. The number of nitrogens with zero attached hydrogens (tertiary/aromatic N) is 1. The number of hydrogen-bond donors (Lipinski definition) is 1. The first-order valence-electron chi connectivity index (χ1n) is 5.99. The van der Waals surface area contributed by atoms with Crippen LogP contribution in [0.5, 0.6) is 5.75 Å². The zero-order chi connectivity index (χ0) is 13.1. The highest BCUT2D eigenvalue weighted by atomic mass is 79.9. The van der Waals surface area contributed by atoms with E-state index in [9.17, 15) is 4.79 Å². The van der Waals surface area contributed by atoms with Crippen molar-refractivity contribution >= 4 is 40.2 Å². The van der Waals surface area contributed by atoms with Gasteiger partial charge in [0, 0.05) is 11.0 Å². The fourth-order valence-corrected chi connectivity index (χ4v) is 2.67. The molecule has 1 unspecified atom stereocenters. The lowest BCUT2D eigenvalue weighted by Crippen LogP contribution is -2.42. The quantitative estimate of drug-likeness (QED) is 0.860. The van der Waals surface area contributed by atoms with Gasteiger partial charge >= 0.3 is 0 Å². The van der Waals surface area contributed by atoms with E-state index in [-0.39, 0.29) is 12.5 Å². The molecule has 0 saturated heterocycles. The minimum Gasteiger partial charge on any atom is -0.482 e. The molecule has 0 spiro atoms. The van der Waals surface area contributed by atoms with Gasteiger partial charge in [0.2, 0.25) is 0 Å². The number of thiol groups is 1. The number of amides is 1. The van der Waals surface area contributed by atoms with Crippen LogP contribution in [0.25, 0.3) is 0 Å². The van der Waals surface area contributed by atoms with E-state index in [1.807, 2.05) is 23.1 Å². The summed E-state index contributed by atoms with van der Waals surface area (Å²) >= 11 is 7.77. The molecule has 1 amide bonds. The van der Waals surface area contributed by atoms with E-state index in [2.05, 4.69) is 35.5 Å². The summed E-state index contributed by atoms with van der Waals surface area (Å²) in [6.07, 6.45) is 1.01. The van der Waals surface area contributed by atoms with Gasteiger partial charge in [-0.25, -0.2) is 0 Å². The van der Waals surface area contributed by atoms with Gasteiger partial charge in [0.1, 0.15) is 5.75 Å². The molecular formula is C13H16BrNO2S. The van der Waals surface area contributed by atoms with Gasteiger partial charge in [0.15, 0.2) is 6.61 Å². The summed E-state index contributed by atoms with van der Waals surface area (Å²) < 4.78 is 6.39. The van der Waals surface area contributed by atoms with E-state index in [1.165, 1.54) is 0 Å². The summed E-state index contributed by atoms with van der Waals surface area (Å²) in [4.78, 5) is 13.8. The maximum atomic E-state index is 12.0. The van der Waals surface area contributed by atoms with Crippen molar-refractivity contribution in [3.8, 4) is 5.75 Å². The summed E-state index contributed by atoms with van der Waals surface area (Å²) in [5.41, 5.74) is 0.848. The molecule has 0 fully saturated rings. The molecule has 0 radical (unpaired) electrons. The Balaban J connectivity index is 2.29. The molecule has 1 atom stereocenters. The summed E-state index contributed by atoms with van der Waals surface area (Å²) in [5, 5.41) is 0. The molecule has 0 bridgehead atoms. The molecule has 18 heavy (non-hydrogen) atoms. The fraction of sp³-hybridized carbons (Fsp3) is 0.462. The average Bonchev–Trinajstić information content (AvgIpc) is 2.38. The first kappa shape index (κ1) is 13.7. The molecule has 1 heterocycles. The normalized spacial score (nSPS) is 16.2. The van der Waals surface area contributed by atoms with Crippen molar-refractivity contribution in [2.24, 2.45) is 5.92 Å². The molecule has 2 rings (SSSR count). The van der Waals surface area contributed by atoms with Gasteiger partial charge in [0.25, 0.3) is 5.91 Å². The van der Waals surface area contributed by atoms with E-state index in [0.717, 1.165) is 28.1 Å². The van der Waals surface area contributed by atoms with Gasteiger partial charge in [-0.2, -0.15) is 12.6 Å². The van der Waals surface area contributed by atoms with Crippen LogP contribution in [-0.4, -0.2) is 24.8 Å². The average molecular weight is 330 g/mol. The minimum absolute atomic E-state index is 0.0147. The SMILES string of the molecule is CCC(CS)CN1C(=O)COc2ccc(Br)cc21. The lowest BCUT2D eigenvalue weighted by atomic mass is 10.1. The maximum absolute atomic E-state index is 12.0. The van der Waals surface area contributed by atoms with Gasteiger partial charge in [-0.1, -0.05) is 29.3 Å². The van der Waals surface area contributed by atoms with Crippen molar-refractivity contribution < 1.29 is 9.53 Å². The summed E-state index contributed by atoms with van der Waals surface area (Å²) in [6.45, 7) is 2.94. The van der Waals surface area contributed by atoms with Crippen molar-refractivity contribution in [1.82, 2.24) is 0 Å². The molecule has 3 nitrogen and oxygen atoms in total. The van der Waals surface area contributed by atoms with Crippen LogP contribution in [0.4, 0.5) is 5.69 Å². The predicted octanol–water partition coefficient (Wildman–Crippen LogP) is 3.13. The predicted molar refractivity (Wildman–Crippen MR) is 79.6 cm³/mol. The molecule has 0 aliphatic carbocycles. The molecule has 1 aliphatic heterocycles. The van der Waals surface area contributed by atoms with Crippen molar-refractivity contribution in [3.63, 3.8) is 0 Å². The lowest BCUT2D eigenvalue weighted by Gasteiger charge is -2.31. The second kappa shape index (κ2) is 5.97. The highest BCUT2D eigenvalue weighted by Crippen LogP contribution is 2.35. The number of ether oxygens (including phenoxy) is 1. The van der Waals surface area contributed by atoms with Crippen LogP contribution in [-0.2, 0) is 4.79 Å². The van der Waals surface area contributed by atoms with Crippen LogP contribution >= 0.6 is 28.6 Å². The Labute approximate surface area is 121 Å². The molecule has 1 aliphatic rings. The van der Waals surface area contributed by atoms with Gasteiger partial charge in [-0.3, -0.25) is 4.79 Å². The third kappa shape index (κ3) is 2.83. The molecular weight excluding hydrogens is 314 g/mol. The zero-order valence-corrected chi connectivity index (χ0v) is 12.7. The minimum atomic E-state index is 0.0147. The van der Waals surface area contributed by atoms with Crippen molar-refractivity contribution in [3.05, 3.63) is 22.7 Å². The molecule has 5 heteroatoms. The third-order valence-corrected chi connectivity index (χ3v) is 4.15. The van der Waals surface area contributed by atoms with E-state index < -0.39 is 0 Å². The maximum Gasteiger partial charge on any atom is 0.265 e. The van der Waals surface area contributed by atoms with E-state index in [4.69, 9.17) is 4.74 Å². The molecule has 1 aromatic carbocycles. The number of benzene rings is 1. The Bertz CT molecular complexity index is 449. The van der Waals surface area contributed by atoms with Gasteiger partial charge in [0.05, 0.1) is 5.69 Å². The van der Waals surface area contributed by atoms with Gasteiger partial charge in [-0.15, -0.1) is 0 Å². The number of halogens is 1. The Morgan fingerprint density at radius 1 is 1.56 bits per heavy atom. The smallest absolute Gasteiger partial charge is 0.265 e. The highest BCUT2D eigenvalue weighted by molar-refractivity contribution is 9.10. The Hall–Kier alpha value is -0.680. The van der Waals surface area contributed by atoms with Crippen LogP contribution in [0.2, 0.25) is 0 Å². The van der Waals surface area contributed by atoms with Gasteiger partial charge in [-0.05, 0) is 29.9 Å². The summed E-state index contributed by atoms with van der Waals surface area (Å²) in [6, 6.07) is 5.74. The van der Waals surface area contributed by atoms with E-state index >= 15 is 0 Å². The van der Waals surface area contributed by atoms with Gasteiger partial charge < -0.3 is 9.64 Å². The van der Waals surface area contributed by atoms with E-state index in [1.54, 1.807) is 0 Å². The Morgan fingerprint density at radius 2 is 2.33 bits per heavy atom. The fourth-order valence-electron chi connectivity index (χ4n) is 1.95. The zero-order valence-electron chi connectivity index (χ0n) is 10.2. The Kier molecular flexibility index (Phi) is 4.56. The first-order valence-corrected chi connectivity index (χ1v) is 7.41. The number of carbonyl (C=O) groups is 1. The standard InChI is InChI=1S/C13H16BrNO2S/c1-2-9(8-18)6-15-11-5-10(14)3-4-12(11)17-7-13(15)16/h3-5,9,18H,2,6-8H2,1H3. The number of anilines is 1. The summed E-state index contributed by atoms with van der Waals surface area (Å²) in [7, 11) is 0. The number of hydrogen-bond acceptors (Lipinski definition) is 3. The van der Waals surface area contributed by atoms with Crippen LogP contribution in [0.3, 0.4) is 0 Å². The molecule has 0 N–H and O–H groups in total. The monoisotopic (exact) mass is 329 g/mol. The van der Waals surface area contributed by atoms with Crippen LogP contribution in [0, 0.1) is 5.92 Å². The molecule has 1 aromatic rings. The third-order valence-electron chi connectivity index (χ3n) is 3.14. The van der Waals surface area contributed by atoms with Crippen LogP contribution < -0.4 is 9.64 Å². The topological polar surface area (TPSA) is 29.5 Å². The van der Waals surface area contributed by atoms with Crippen LogP contribution in [0.1, 0.15) is 13.3 Å². The number of rotatable bonds is 4. The second-order valence-corrected chi connectivity index (χ2v) is 5.64. The van der Waals surface area contributed by atoms with Crippen molar-refractivity contribution in [1.29, 1.82) is 0 Å². The van der Waals surface area contributed by atoms with Crippen LogP contribution in [0.15, 0.2) is 22.7 Å². The number of fused-ring (bicyclic) bond motifs is 1. The lowest BCUT2D eigenvalue weighted by molar-refractivity contribution is -0.121.